The smallest absolute Gasteiger partial charge is 0.269 e. The van der Waals surface area contributed by atoms with Gasteiger partial charge in [-0.05, 0) is 49.7 Å². The third-order valence-electron chi connectivity index (χ3n) is 3.43. The Morgan fingerprint density at radius 3 is 1.91 bits per heavy atom. The van der Waals surface area contributed by atoms with Gasteiger partial charge in [-0.2, -0.15) is 10.2 Å². The molecular formula is C17H20N4O2. The van der Waals surface area contributed by atoms with E-state index < -0.39 is 4.92 Å². The summed E-state index contributed by atoms with van der Waals surface area (Å²) >= 11 is 0. The quantitative estimate of drug-likeness (QED) is 0.398. The van der Waals surface area contributed by atoms with Crippen LogP contribution >= 0.6 is 0 Å². The molecule has 23 heavy (non-hydrogen) atoms. The average molecular weight is 312 g/mol. The highest BCUT2D eigenvalue weighted by atomic mass is 16.6. The zero-order valence-corrected chi connectivity index (χ0v) is 13.3. The number of nitro benzene ring substituents is 1. The molecule has 0 atom stereocenters. The molecular weight excluding hydrogens is 292 g/mol. The highest BCUT2D eigenvalue weighted by Crippen LogP contribution is 2.23. The van der Waals surface area contributed by atoms with Crippen molar-refractivity contribution in [2.75, 3.05) is 18.0 Å². The Morgan fingerprint density at radius 1 is 0.957 bits per heavy atom. The summed E-state index contributed by atoms with van der Waals surface area (Å²) in [6.07, 6.45) is 1.11. The predicted molar refractivity (Wildman–Crippen MR) is 91.9 cm³/mol. The fourth-order valence-corrected chi connectivity index (χ4v) is 2.23. The molecule has 0 N–H and O–H groups in total. The second kappa shape index (κ2) is 8.03. The molecule has 0 aliphatic carbocycles. The Labute approximate surface area is 135 Å². The van der Waals surface area contributed by atoms with Gasteiger partial charge in [0, 0.05) is 30.9 Å². The van der Waals surface area contributed by atoms with E-state index in [1.165, 1.54) is 17.8 Å². The maximum atomic E-state index is 10.6. The molecule has 0 aliphatic heterocycles. The Balaban J connectivity index is 2.06. The number of non-ortho nitro benzene ring substituents is 1. The van der Waals surface area contributed by atoms with Gasteiger partial charge >= 0.3 is 0 Å². The summed E-state index contributed by atoms with van der Waals surface area (Å²) in [6.45, 7) is 6.30. The second-order valence-corrected chi connectivity index (χ2v) is 5.07. The van der Waals surface area contributed by atoms with E-state index in [-0.39, 0.29) is 5.69 Å². The molecule has 0 amide bonds. The molecule has 0 aromatic heterocycles. The SMILES string of the molecule is CCCN(CC)c1ccc(/N=N/c2ccc([N+](=O)[O-])cc2)cc1. The van der Waals surface area contributed by atoms with E-state index in [4.69, 9.17) is 0 Å². The third-order valence-corrected chi connectivity index (χ3v) is 3.43. The van der Waals surface area contributed by atoms with Crippen LogP contribution in [-0.2, 0) is 0 Å². The minimum Gasteiger partial charge on any atom is -0.372 e. The first-order valence-corrected chi connectivity index (χ1v) is 7.65. The van der Waals surface area contributed by atoms with E-state index in [0.717, 1.165) is 25.2 Å². The Kier molecular flexibility index (Phi) is 5.80. The standard InChI is InChI=1S/C17H20N4O2/c1-3-13-20(4-2)16-9-5-14(6-10-16)18-19-15-7-11-17(12-8-15)21(22)23/h5-12H,3-4,13H2,1-2H3/b19-18+. The number of rotatable bonds is 7. The van der Waals surface area contributed by atoms with E-state index in [0.29, 0.717) is 5.69 Å². The number of hydrogen-bond acceptors (Lipinski definition) is 5. The molecule has 120 valence electrons. The van der Waals surface area contributed by atoms with Gasteiger partial charge in [0.05, 0.1) is 16.3 Å². The van der Waals surface area contributed by atoms with Gasteiger partial charge < -0.3 is 4.90 Å². The molecule has 2 rings (SSSR count). The zero-order valence-electron chi connectivity index (χ0n) is 13.3. The second-order valence-electron chi connectivity index (χ2n) is 5.07. The number of nitrogens with zero attached hydrogens (tertiary/aromatic N) is 4. The molecule has 6 nitrogen and oxygen atoms in total. The predicted octanol–water partition coefficient (Wildman–Crippen LogP) is 5.25. The van der Waals surface area contributed by atoms with Crippen molar-refractivity contribution < 1.29 is 4.92 Å². The van der Waals surface area contributed by atoms with Crippen molar-refractivity contribution in [2.24, 2.45) is 10.2 Å². The summed E-state index contributed by atoms with van der Waals surface area (Å²) in [4.78, 5) is 12.5. The molecule has 0 saturated carbocycles. The van der Waals surface area contributed by atoms with Crippen LogP contribution in [0.2, 0.25) is 0 Å². The van der Waals surface area contributed by atoms with Crippen LogP contribution in [-0.4, -0.2) is 18.0 Å². The van der Waals surface area contributed by atoms with Gasteiger partial charge in [0.2, 0.25) is 0 Å². The van der Waals surface area contributed by atoms with Crippen LogP contribution in [0.1, 0.15) is 20.3 Å². The van der Waals surface area contributed by atoms with Crippen LogP contribution in [0.3, 0.4) is 0 Å². The van der Waals surface area contributed by atoms with E-state index >= 15 is 0 Å². The molecule has 2 aromatic rings. The normalized spacial score (nSPS) is 10.9. The number of benzene rings is 2. The molecule has 6 heteroatoms. The largest absolute Gasteiger partial charge is 0.372 e. The van der Waals surface area contributed by atoms with Gasteiger partial charge in [-0.3, -0.25) is 10.1 Å². The lowest BCUT2D eigenvalue weighted by molar-refractivity contribution is -0.384. The first-order chi connectivity index (χ1) is 11.1. The lowest BCUT2D eigenvalue weighted by Crippen LogP contribution is -2.23. The van der Waals surface area contributed by atoms with Crippen molar-refractivity contribution >= 4 is 22.7 Å². The summed E-state index contributed by atoms with van der Waals surface area (Å²) in [5.41, 5.74) is 2.55. The van der Waals surface area contributed by atoms with Gasteiger partial charge in [0.15, 0.2) is 0 Å². The number of anilines is 1. The summed E-state index contributed by atoms with van der Waals surface area (Å²) in [7, 11) is 0. The van der Waals surface area contributed by atoms with Crippen LogP contribution in [0.15, 0.2) is 58.8 Å². The summed E-state index contributed by atoms with van der Waals surface area (Å²) in [5.74, 6) is 0. The molecule has 0 bridgehead atoms. The van der Waals surface area contributed by atoms with Crippen LogP contribution in [0, 0.1) is 10.1 Å². The molecule has 0 spiro atoms. The first kappa shape index (κ1) is 16.6. The fourth-order valence-electron chi connectivity index (χ4n) is 2.23. The van der Waals surface area contributed by atoms with Crippen LogP contribution in [0.5, 0.6) is 0 Å². The van der Waals surface area contributed by atoms with E-state index in [1.807, 2.05) is 24.3 Å². The molecule has 0 saturated heterocycles. The minimum absolute atomic E-state index is 0.0453. The monoisotopic (exact) mass is 312 g/mol. The van der Waals surface area contributed by atoms with Crippen LogP contribution in [0.4, 0.5) is 22.7 Å². The molecule has 0 aliphatic rings. The van der Waals surface area contributed by atoms with Crippen molar-refractivity contribution in [3.05, 3.63) is 58.6 Å². The fraction of sp³-hybridized carbons (Fsp3) is 0.294. The molecule has 0 radical (unpaired) electrons. The van der Waals surface area contributed by atoms with Crippen molar-refractivity contribution in [3.63, 3.8) is 0 Å². The highest BCUT2D eigenvalue weighted by Gasteiger charge is 2.04. The van der Waals surface area contributed by atoms with Crippen molar-refractivity contribution in [3.8, 4) is 0 Å². The summed E-state index contributed by atoms with van der Waals surface area (Å²) < 4.78 is 0. The average Bonchev–Trinajstić information content (AvgIpc) is 2.59. The maximum Gasteiger partial charge on any atom is 0.269 e. The minimum atomic E-state index is -0.435. The topological polar surface area (TPSA) is 71.1 Å². The summed E-state index contributed by atoms with van der Waals surface area (Å²) in [5, 5.41) is 18.9. The van der Waals surface area contributed by atoms with Crippen LogP contribution in [0.25, 0.3) is 0 Å². The highest BCUT2D eigenvalue weighted by molar-refractivity contribution is 5.53. The van der Waals surface area contributed by atoms with Crippen molar-refractivity contribution in [1.29, 1.82) is 0 Å². The third kappa shape index (κ3) is 4.60. The summed E-state index contributed by atoms with van der Waals surface area (Å²) in [6, 6.07) is 13.9. The molecule has 2 aromatic carbocycles. The molecule has 0 fully saturated rings. The van der Waals surface area contributed by atoms with Gasteiger partial charge in [0.1, 0.15) is 0 Å². The lowest BCUT2D eigenvalue weighted by atomic mass is 10.2. The van der Waals surface area contributed by atoms with Gasteiger partial charge in [-0.1, -0.05) is 6.92 Å². The lowest BCUT2D eigenvalue weighted by Gasteiger charge is -2.22. The van der Waals surface area contributed by atoms with E-state index in [9.17, 15) is 10.1 Å². The van der Waals surface area contributed by atoms with Crippen molar-refractivity contribution in [2.45, 2.75) is 20.3 Å². The Hall–Kier alpha value is -2.76. The number of hydrogen-bond donors (Lipinski definition) is 0. The number of nitro groups is 1. The van der Waals surface area contributed by atoms with Gasteiger partial charge in [-0.15, -0.1) is 0 Å². The van der Waals surface area contributed by atoms with Crippen molar-refractivity contribution in [1.82, 2.24) is 0 Å². The zero-order chi connectivity index (χ0) is 16.7. The van der Waals surface area contributed by atoms with Crippen LogP contribution < -0.4 is 4.90 Å². The molecule has 0 unspecified atom stereocenters. The van der Waals surface area contributed by atoms with E-state index in [1.54, 1.807) is 12.1 Å². The Bertz CT molecular complexity index is 666. The number of azo groups is 1. The maximum absolute atomic E-state index is 10.6. The van der Waals surface area contributed by atoms with Gasteiger partial charge in [0.25, 0.3) is 5.69 Å². The Morgan fingerprint density at radius 2 is 1.48 bits per heavy atom. The molecule has 0 heterocycles. The first-order valence-electron chi connectivity index (χ1n) is 7.65. The van der Waals surface area contributed by atoms with Gasteiger partial charge in [-0.25, -0.2) is 0 Å². The van der Waals surface area contributed by atoms with E-state index in [2.05, 4.69) is 29.0 Å².